The Labute approximate surface area is 149 Å². The molecule has 3 nitrogen and oxygen atoms in total. The van der Waals surface area contributed by atoms with Crippen molar-refractivity contribution in [1.29, 1.82) is 0 Å². The number of nitrogens with one attached hydrogen (secondary N) is 1. The Morgan fingerprint density at radius 1 is 1.04 bits per heavy atom. The highest BCUT2D eigenvalue weighted by atomic mass is 35.5. The molecule has 1 heterocycles. The van der Waals surface area contributed by atoms with Crippen molar-refractivity contribution in [1.82, 2.24) is 10.2 Å². The third-order valence-corrected chi connectivity index (χ3v) is 5.09. The van der Waals surface area contributed by atoms with Gasteiger partial charge in [-0.25, -0.2) is 0 Å². The Bertz CT molecular complexity index is 627. The maximum atomic E-state index is 10.2. The van der Waals surface area contributed by atoms with Crippen LogP contribution < -0.4 is 5.32 Å². The first kappa shape index (κ1) is 17.4. The summed E-state index contributed by atoms with van der Waals surface area (Å²) >= 11 is 6.25. The zero-order valence-electron chi connectivity index (χ0n) is 13.9. The number of halogens is 1. The van der Waals surface area contributed by atoms with Gasteiger partial charge in [-0.15, -0.1) is 0 Å². The van der Waals surface area contributed by atoms with Crippen molar-refractivity contribution in [2.45, 2.75) is 31.5 Å². The van der Waals surface area contributed by atoms with Crippen LogP contribution in [0.25, 0.3) is 0 Å². The Morgan fingerprint density at radius 3 is 2.42 bits per heavy atom. The van der Waals surface area contributed by atoms with Gasteiger partial charge >= 0.3 is 0 Å². The maximum absolute atomic E-state index is 10.2. The summed E-state index contributed by atoms with van der Waals surface area (Å²) in [6, 6.07) is 18.4. The van der Waals surface area contributed by atoms with Gasteiger partial charge in [0.05, 0.1) is 6.10 Å². The molecule has 1 atom stereocenters. The maximum Gasteiger partial charge on any atom is 0.0914 e. The van der Waals surface area contributed by atoms with Crippen molar-refractivity contribution >= 4 is 11.6 Å². The van der Waals surface area contributed by atoms with Crippen LogP contribution in [0.4, 0.5) is 0 Å². The van der Waals surface area contributed by atoms with E-state index in [2.05, 4.69) is 16.3 Å². The molecule has 2 aromatic rings. The van der Waals surface area contributed by atoms with Gasteiger partial charge < -0.3 is 10.4 Å². The number of likely N-dealkylation sites (tertiary alicyclic amines) is 1. The fourth-order valence-electron chi connectivity index (χ4n) is 3.23. The highest BCUT2D eigenvalue weighted by molar-refractivity contribution is 6.31. The largest absolute Gasteiger partial charge is 0.387 e. The third kappa shape index (κ3) is 4.81. The summed E-state index contributed by atoms with van der Waals surface area (Å²) in [5.41, 5.74) is 2.17. The minimum absolute atomic E-state index is 0.438. The molecule has 0 aliphatic carbocycles. The molecule has 1 aliphatic rings. The number of hydrogen-bond acceptors (Lipinski definition) is 3. The van der Waals surface area contributed by atoms with E-state index in [0.717, 1.165) is 43.1 Å². The van der Waals surface area contributed by atoms with Crippen molar-refractivity contribution in [3.05, 3.63) is 70.7 Å². The molecular weight excluding hydrogens is 320 g/mol. The molecule has 0 radical (unpaired) electrons. The Kier molecular flexibility index (Phi) is 6.27. The number of hydrogen-bond donors (Lipinski definition) is 2. The predicted molar refractivity (Wildman–Crippen MR) is 99.2 cm³/mol. The van der Waals surface area contributed by atoms with E-state index in [4.69, 9.17) is 11.6 Å². The van der Waals surface area contributed by atoms with E-state index in [1.807, 2.05) is 48.5 Å². The zero-order chi connectivity index (χ0) is 16.8. The van der Waals surface area contributed by atoms with Crippen molar-refractivity contribution in [2.24, 2.45) is 0 Å². The van der Waals surface area contributed by atoms with Crippen LogP contribution in [0, 0.1) is 0 Å². The number of rotatable bonds is 6. The molecule has 0 spiro atoms. The van der Waals surface area contributed by atoms with Gasteiger partial charge in [-0.2, -0.15) is 0 Å². The molecule has 3 rings (SSSR count). The summed E-state index contributed by atoms with van der Waals surface area (Å²) < 4.78 is 0. The van der Waals surface area contributed by atoms with Crippen molar-refractivity contribution in [2.75, 3.05) is 19.6 Å². The normalized spacial score (nSPS) is 17.8. The van der Waals surface area contributed by atoms with Gasteiger partial charge in [0.25, 0.3) is 0 Å². The average Bonchev–Trinajstić information content (AvgIpc) is 2.63. The summed E-state index contributed by atoms with van der Waals surface area (Å²) in [6.45, 7) is 3.65. The molecule has 2 N–H and O–H groups in total. The molecule has 0 saturated carbocycles. The monoisotopic (exact) mass is 344 g/mol. The lowest BCUT2D eigenvalue weighted by Crippen LogP contribution is -2.43. The first-order valence-electron chi connectivity index (χ1n) is 8.64. The van der Waals surface area contributed by atoms with Crippen LogP contribution in [0.2, 0.25) is 5.02 Å². The van der Waals surface area contributed by atoms with E-state index < -0.39 is 6.10 Å². The minimum Gasteiger partial charge on any atom is -0.387 e. The van der Waals surface area contributed by atoms with E-state index in [-0.39, 0.29) is 0 Å². The second kappa shape index (κ2) is 8.63. The molecule has 0 bridgehead atoms. The first-order chi connectivity index (χ1) is 11.7. The highest BCUT2D eigenvalue weighted by Crippen LogP contribution is 2.20. The number of aliphatic hydroxyl groups is 1. The van der Waals surface area contributed by atoms with E-state index >= 15 is 0 Å². The van der Waals surface area contributed by atoms with Crippen molar-refractivity contribution < 1.29 is 5.11 Å². The summed E-state index contributed by atoms with van der Waals surface area (Å²) in [4.78, 5) is 2.45. The van der Waals surface area contributed by atoms with Gasteiger partial charge in [0.15, 0.2) is 0 Å². The summed E-state index contributed by atoms with van der Waals surface area (Å²) in [5.74, 6) is 0. The molecule has 1 fully saturated rings. The summed E-state index contributed by atoms with van der Waals surface area (Å²) in [6.07, 6.45) is 1.77. The molecule has 24 heavy (non-hydrogen) atoms. The zero-order valence-corrected chi connectivity index (χ0v) is 14.6. The van der Waals surface area contributed by atoms with Crippen LogP contribution in [-0.4, -0.2) is 35.7 Å². The lowest BCUT2D eigenvalue weighted by molar-refractivity contribution is 0.149. The third-order valence-electron chi connectivity index (χ3n) is 4.72. The number of piperidine rings is 1. The molecule has 128 valence electrons. The van der Waals surface area contributed by atoms with Crippen LogP contribution in [0.1, 0.15) is 30.1 Å². The lowest BCUT2D eigenvalue weighted by Gasteiger charge is -2.33. The molecule has 0 amide bonds. The minimum atomic E-state index is -0.438. The molecule has 0 aromatic heterocycles. The first-order valence-corrected chi connectivity index (χ1v) is 9.02. The van der Waals surface area contributed by atoms with Gasteiger partial charge in [-0.3, -0.25) is 4.90 Å². The van der Waals surface area contributed by atoms with E-state index in [0.29, 0.717) is 12.6 Å². The molecule has 4 heteroatoms. The molecule has 1 saturated heterocycles. The smallest absolute Gasteiger partial charge is 0.0914 e. The van der Waals surface area contributed by atoms with Crippen LogP contribution in [0.3, 0.4) is 0 Å². The number of benzene rings is 2. The number of aliphatic hydroxyl groups excluding tert-OH is 1. The highest BCUT2D eigenvalue weighted by Gasteiger charge is 2.20. The summed E-state index contributed by atoms with van der Waals surface area (Å²) in [7, 11) is 0. The molecule has 1 unspecified atom stereocenters. The SMILES string of the molecule is OC(CNC1CCN(Cc2ccccc2Cl)CC1)c1ccccc1. The molecular formula is C20H25ClN2O. The quantitative estimate of drug-likeness (QED) is 0.840. The Morgan fingerprint density at radius 2 is 1.71 bits per heavy atom. The van der Waals surface area contributed by atoms with Crippen LogP contribution in [0.5, 0.6) is 0 Å². The van der Waals surface area contributed by atoms with Crippen molar-refractivity contribution in [3.8, 4) is 0 Å². The molecule has 2 aromatic carbocycles. The van der Waals surface area contributed by atoms with E-state index in [9.17, 15) is 5.11 Å². The van der Waals surface area contributed by atoms with E-state index in [1.54, 1.807) is 0 Å². The topological polar surface area (TPSA) is 35.5 Å². The standard InChI is InChI=1S/C20H25ClN2O/c21-19-9-5-4-8-17(19)15-23-12-10-18(11-13-23)22-14-20(24)16-6-2-1-3-7-16/h1-9,18,20,22,24H,10-15H2. The average molecular weight is 345 g/mol. The fraction of sp³-hybridized carbons (Fsp3) is 0.400. The van der Waals surface area contributed by atoms with Gasteiger partial charge in [0, 0.05) is 24.2 Å². The predicted octanol–water partition coefficient (Wildman–Crippen LogP) is 3.63. The van der Waals surface area contributed by atoms with Crippen LogP contribution in [0.15, 0.2) is 54.6 Å². The Balaban J connectivity index is 1.42. The Hall–Kier alpha value is -1.39. The summed E-state index contributed by atoms with van der Waals surface area (Å²) in [5, 5.41) is 14.6. The van der Waals surface area contributed by atoms with Crippen molar-refractivity contribution in [3.63, 3.8) is 0 Å². The van der Waals surface area contributed by atoms with Gasteiger partial charge in [0.1, 0.15) is 0 Å². The second-order valence-electron chi connectivity index (χ2n) is 6.48. The lowest BCUT2D eigenvalue weighted by atomic mass is 10.0. The van der Waals surface area contributed by atoms with E-state index in [1.165, 1.54) is 5.56 Å². The number of nitrogens with zero attached hydrogens (tertiary/aromatic N) is 1. The van der Waals surface area contributed by atoms with Crippen LogP contribution >= 0.6 is 11.6 Å². The fourth-order valence-corrected chi connectivity index (χ4v) is 3.43. The van der Waals surface area contributed by atoms with Gasteiger partial charge in [0.2, 0.25) is 0 Å². The van der Waals surface area contributed by atoms with Crippen LogP contribution in [-0.2, 0) is 6.54 Å². The second-order valence-corrected chi connectivity index (χ2v) is 6.88. The van der Waals surface area contributed by atoms with Gasteiger partial charge in [-0.1, -0.05) is 60.1 Å². The van der Waals surface area contributed by atoms with Gasteiger partial charge in [-0.05, 0) is 43.1 Å². The molecule has 1 aliphatic heterocycles.